The fraction of sp³-hybridized carbons (Fsp3) is 0.444. The van der Waals surface area contributed by atoms with Crippen LogP contribution in [0.25, 0.3) is 0 Å². The Morgan fingerprint density at radius 1 is 1.67 bits per heavy atom. The topological polar surface area (TPSA) is 96.0 Å². The van der Waals surface area contributed by atoms with Crippen LogP contribution in [0.5, 0.6) is 0 Å². The van der Waals surface area contributed by atoms with Gasteiger partial charge in [-0.2, -0.15) is 4.31 Å². The van der Waals surface area contributed by atoms with Gasteiger partial charge in [0, 0.05) is 11.0 Å². The highest BCUT2D eigenvalue weighted by Gasteiger charge is 2.39. The smallest absolute Gasteiger partial charge is 0.254 e. The van der Waals surface area contributed by atoms with Crippen molar-refractivity contribution in [1.29, 1.82) is 0 Å². The van der Waals surface area contributed by atoms with Crippen LogP contribution < -0.4 is 5.73 Å². The van der Waals surface area contributed by atoms with Crippen molar-refractivity contribution in [1.82, 2.24) is 4.31 Å². The summed E-state index contributed by atoms with van der Waals surface area (Å²) in [5, 5.41) is 13.3. The Kier molecular flexibility index (Phi) is 3.95. The zero-order chi connectivity index (χ0) is 13.3. The normalized spacial score (nSPS) is 22.5. The van der Waals surface area contributed by atoms with Gasteiger partial charge in [-0.3, -0.25) is 0 Å². The van der Waals surface area contributed by atoms with Crippen LogP contribution in [-0.4, -0.2) is 36.4 Å². The van der Waals surface area contributed by atoms with E-state index in [-0.39, 0.29) is 10.0 Å². The van der Waals surface area contributed by atoms with Gasteiger partial charge in [-0.1, -0.05) is 5.16 Å². The molecule has 1 fully saturated rings. The van der Waals surface area contributed by atoms with Gasteiger partial charge in [0.2, 0.25) is 0 Å². The maximum atomic E-state index is 12.5. The number of hydrogen-bond donors (Lipinski definition) is 2. The highest BCUT2D eigenvalue weighted by molar-refractivity contribution is 9.10. The molecule has 1 aromatic heterocycles. The van der Waals surface area contributed by atoms with Gasteiger partial charge < -0.3 is 10.9 Å². The summed E-state index contributed by atoms with van der Waals surface area (Å²) >= 11 is 4.36. The number of sulfonamides is 1. The number of oxime groups is 1. The van der Waals surface area contributed by atoms with Gasteiger partial charge in [0.1, 0.15) is 4.21 Å². The molecule has 0 bridgehead atoms. The molecule has 0 amide bonds. The molecule has 0 aliphatic carbocycles. The molecule has 1 aromatic rings. The molecule has 2 heterocycles. The summed E-state index contributed by atoms with van der Waals surface area (Å²) in [4.78, 5) is 0. The largest absolute Gasteiger partial charge is 0.409 e. The van der Waals surface area contributed by atoms with E-state index in [0.717, 1.165) is 11.3 Å². The lowest BCUT2D eigenvalue weighted by atomic mass is 10.2. The number of thiophene rings is 1. The van der Waals surface area contributed by atoms with Crippen LogP contribution >= 0.6 is 27.3 Å². The predicted octanol–water partition coefficient (Wildman–Crippen LogP) is 1.41. The standard InChI is InChI=1S/C9H12BrN3O3S2/c10-6-3-5-17-9(6)18(15,16)13-4-1-2-7(13)8(11)12-14/h3,5,7,14H,1-2,4H2,(H2,11,12). The fourth-order valence-electron chi connectivity index (χ4n) is 1.96. The van der Waals surface area contributed by atoms with Crippen molar-refractivity contribution in [2.75, 3.05) is 6.54 Å². The Balaban J connectivity index is 2.39. The van der Waals surface area contributed by atoms with E-state index in [2.05, 4.69) is 21.1 Å². The average molecular weight is 354 g/mol. The van der Waals surface area contributed by atoms with Crippen molar-refractivity contribution in [3.05, 3.63) is 15.9 Å². The predicted molar refractivity (Wildman–Crippen MR) is 72.3 cm³/mol. The Morgan fingerprint density at radius 2 is 2.39 bits per heavy atom. The van der Waals surface area contributed by atoms with Gasteiger partial charge in [-0.05, 0) is 40.2 Å². The number of amidine groups is 1. The maximum absolute atomic E-state index is 12.5. The van der Waals surface area contributed by atoms with Gasteiger partial charge in [-0.15, -0.1) is 11.3 Å². The molecule has 6 nitrogen and oxygen atoms in total. The third-order valence-corrected chi connectivity index (χ3v) is 7.34. The highest BCUT2D eigenvalue weighted by Crippen LogP contribution is 2.33. The molecule has 1 saturated heterocycles. The van der Waals surface area contributed by atoms with E-state index < -0.39 is 16.1 Å². The van der Waals surface area contributed by atoms with Crippen LogP contribution in [0.15, 0.2) is 25.3 Å². The molecule has 2 rings (SSSR count). The second-order valence-corrected chi connectivity index (χ2v) is 7.71. The van der Waals surface area contributed by atoms with E-state index in [1.807, 2.05) is 0 Å². The molecule has 100 valence electrons. The van der Waals surface area contributed by atoms with Gasteiger partial charge in [-0.25, -0.2) is 8.42 Å². The first kappa shape index (κ1) is 13.8. The van der Waals surface area contributed by atoms with Crippen LogP contribution in [0.3, 0.4) is 0 Å². The molecule has 18 heavy (non-hydrogen) atoms. The maximum Gasteiger partial charge on any atom is 0.254 e. The second-order valence-electron chi connectivity index (χ2n) is 3.85. The molecular formula is C9H12BrN3O3S2. The van der Waals surface area contributed by atoms with E-state index in [9.17, 15) is 8.42 Å². The van der Waals surface area contributed by atoms with Crippen molar-refractivity contribution in [2.24, 2.45) is 10.9 Å². The Hall–Kier alpha value is -0.640. The highest BCUT2D eigenvalue weighted by atomic mass is 79.9. The minimum atomic E-state index is -3.60. The Morgan fingerprint density at radius 3 is 2.94 bits per heavy atom. The monoisotopic (exact) mass is 353 g/mol. The lowest BCUT2D eigenvalue weighted by Crippen LogP contribution is -2.43. The fourth-order valence-corrected chi connectivity index (χ4v) is 6.06. The summed E-state index contributed by atoms with van der Waals surface area (Å²) in [5.74, 6) is -0.0660. The summed E-state index contributed by atoms with van der Waals surface area (Å²) in [6.45, 7) is 0.383. The first-order valence-corrected chi connectivity index (χ1v) is 8.32. The molecule has 3 N–H and O–H groups in total. The number of hydrogen-bond acceptors (Lipinski definition) is 5. The van der Waals surface area contributed by atoms with Crippen LogP contribution in [0, 0.1) is 0 Å². The lowest BCUT2D eigenvalue weighted by Gasteiger charge is -2.22. The van der Waals surface area contributed by atoms with Crippen LogP contribution in [0.4, 0.5) is 0 Å². The van der Waals surface area contributed by atoms with Crippen molar-refractivity contribution in [3.8, 4) is 0 Å². The van der Waals surface area contributed by atoms with Crippen LogP contribution in [-0.2, 0) is 10.0 Å². The average Bonchev–Trinajstić information content (AvgIpc) is 2.96. The molecule has 1 unspecified atom stereocenters. The zero-order valence-corrected chi connectivity index (χ0v) is 12.5. The molecule has 0 saturated carbocycles. The van der Waals surface area contributed by atoms with Crippen molar-refractivity contribution >= 4 is 43.1 Å². The van der Waals surface area contributed by atoms with Gasteiger partial charge in [0.05, 0.1) is 6.04 Å². The lowest BCUT2D eigenvalue weighted by molar-refractivity contribution is 0.311. The van der Waals surface area contributed by atoms with E-state index in [1.54, 1.807) is 11.4 Å². The van der Waals surface area contributed by atoms with Crippen molar-refractivity contribution in [2.45, 2.75) is 23.1 Å². The second kappa shape index (κ2) is 5.16. The SMILES string of the molecule is NC(=NO)C1CCCN1S(=O)(=O)c1sccc1Br. The number of halogens is 1. The minimum Gasteiger partial charge on any atom is -0.409 e. The van der Waals surface area contributed by atoms with Gasteiger partial charge in [0.15, 0.2) is 5.84 Å². The number of nitrogens with two attached hydrogens (primary N) is 1. The van der Waals surface area contributed by atoms with Crippen LogP contribution in [0.1, 0.15) is 12.8 Å². The number of rotatable bonds is 3. The van der Waals surface area contributed by atoms with Crippen molar-refractivity contribution < 1.29 is 13.6 Å². The van der Waals surface area contributed by atoms with E-state index in [0.29, 0.717) is 23.9 Å². The first-order valence-electron chi connectivity index (χ1n) is 5.20. The summed E-state index contributed by atoms with van der Waals surface area (Å²) in [6.07, 6.45) is 1.27. The molecule has 1 aliphatic rings. The first-order chi connectivity index (χ1) is 8.48. The van der Waals surface area contributed by atoms with Gasteiger partial charge in [0.25, 0.3) is 10.0 Å². The third-order valence-electron chi connectivity index (χ3n) is 2.79. The third kappa shape index (κ3) is 2.27. The summed E-state index contributed by atoms with van der Waals surface area (Å²) in [7, 11) is -3.60. The van der Waals surface area contributed by atoms with Crippen molar-refractivity contribution in [3.63, 3.8) is 0 Å². The zero-order valence-electron chi connectivity index (χ0n) is 9.28. The summed E-state index contributed by atoms with van der Waals surface area (Å²) in [5.41, 5.74) is 5.54. The van der Waals surface area contributed by atoms with Crippen LogP contribution in [0.2, 0.25) is 0 Å². The summed E-state index contributed by atoms with van der Waals surface area (Å²) < 4.78 is 27.0. The molecular weight excluding hydrogens is 342 g/mol. The molecule has 1 atom stereocenters. The molecule has 0 aromatic carbocycles. The minimum absolute atomic E-state index is 0.0660. The summed E-state index contributed by atoms with van der Waals surface area (Å²) in [6, 6.07) is 1.13. The molecule has 0 radical (unpaired) electrons. The Bertz CT molecular complexity index is 569. The van der Waals surface area contributed by atoms with E-state index in [4.69, 9.17) is 10.9 Å². The molecule has 9 heteroatoms. The van der Waals surface area contributed by atoms with E-state index >= 15 is 0 Å². The van der Waals surface area contributed by atoms with Gasteiger partial charge >= 0.3 is 0 Å². The Labute approximate surface area is 117 Å². The van der Waals surface area contributed by atoms with E-state index in [1.165, 1.54) is 4.31 Å². The molecule has 0 spiro atoms. The molecule has 1 aliphatic heterocycles. The quantitative estimate of drug-likeness (QED) is 0.371. The number of nitrogens with zero attached hydrogens (tertiary/aromatic N) is 2.